The summed E-state index contributed by atoms with van der Waals surface area (Å²) in [5, 5.41) is 0. The Morgan fingerprint density at radius 2 is 1.56 bits per heavy atom. The van der Waals surface area contributed by atoms with Crippen LogP contribution in [0.3, 0.4) is 0 Å². The van der Waals surface area contributed by atoms with Gasteiger partial charge in [0.1, 0.15) is 12.4 Å². The van der Waals surface area contributed by atoms with Crippen LogP contribution >= 0.6 is 10.7 Å². The van der Waals surface area contributed by atoms with Crippen molar-refractivity contribution in [3.63, 3.8) is 0 Å². The van der Waals surface area contributed by atoms with Gasteiger partial charge in [0.15, 0.2) is 16.4 Å². The number of aryl methyl sites for hydroxylation is 2. The second kappa shape index (κ2) is 15.0. The number of halogens is 1. The van der Waals surface area contributed by atoms with Crippen LogP contribution in [0.25, 0.3) is 0 Å². The first-order chi connectivity index (χ1) is 15.7. The molecule has 0 bridgehead atoms. The lowest BCUT2D eigenvalue weighted by atomic mass is 10.0. The molecule has 10 heteroatoms. The first-order valence-corrected chi connectivity index (χ1v) is 15.1. The zero-order valence-electron chi connectivity index (χ0n) is 20.8. The highest BCUT2D eigenvalue weighted by Crippen LogP contribution is 2.33. The first-order valence-electron chi connectivity index (χ1n) is 10.8. The molecule has 0 heterocycles. The minimum atomic E-state index is -3.92. The molecule has 0 aliphatic carbocycles. The van der Waals surface area contributed by atoms with E-state index in [9.17, 15) is 21.6 Å². The summed E-state index contributed by atoms with van der Waals surface area (Å²) in [5.41, 5.74) is 2.21. The fourth-order valence-electron chi connectivity index (χ4n) is 2.64. The number of hydrogen-bond acceptors (Lipinski definition) is 7. The van der Waals surface area contributed by atoms with Gasteiger partial charge < -0.3 is 9.47 Å². The molecule has 0 atom stereocenters. The first kappa shape index (κ1) is 31.9. The second-order valence-corrected chi connectivity index (χ2v) is 12.3. The number of carbonyl (C=O) groups excluding carboxylic acids is 1. The lowest BCUT2D eigenvalue weighted by Gasteiger charge is -2.16. The molecule has 192 valence electrons. The Bertz CT molecular complexity index is 1110. The molecular weight excluding hydrogens is 500 g/mol. The van der Waals surface area contributed by atoms with Gasteiger partial charge in [-0.2, -0.15) is 0 Å². The van der Waals surface area contributed by atoms with Crippen LogP contribution in [0.4, 0.5) is 0 Å². The van der Waals surface area contributed by atoms with Crippen LogP contribution in [-0.4, -0.2) is 48.0 Å². The monoisotopic (exact) mass is 534 g/mol. The predicted molar refractivity (Wildman–Crippen MR) is 137 cm³/mol. The molecule has 0 saturated carbocycles. The number of sulfone groups is 1. The summed E-state index contributed by atoms with van der Waals surface area (Å²) >= 11 is 0. The van der Waals surface area contributed by atoms with Crippen LogP contribution in [0, 0.1) is 13.8 Å². The summed E-state index contributed by atoms with van der Waals surface area (Å²) in [4.78, 5) is 11.6. The highest BCUT2D eigenvalue weighted by atomic mass is 35.7. The lowest BCUT2D eigenvalue weighted by molar-refractivity contribution is -0.145. The van der Waals surface area contributed by atoms with Crippen LogP contribution in [0.2, 0.25) is 0 Å². The van der Waals surface area contributed by atoms with Crippen molar-refractivity contribution in [1.82, 2.24) is 0 Å². The molecule has 2 aromatic rings. The smallest absolute Gasteiger partial charge is 0.344 e. The van der Waals surface area contributed by atoms with Crippen molar-refractivity contribution in [2.24, 2.45) is 0 Å². The Kier molecular flexibility index (Phi) is 14.1. The van der Waals surface area contributed by atoms with Gasteiger partial charge in [-0.3, -0.25) is 0 Å². The number of hydrogen-bond donors (Lipinski definition) is 0. The van der Waals surface area contributed by atoms with E-state index < -0.39 is 31.5 Å². The third-order valence-electron chi connectivity index (χ3n) is 4.16. The van der Waals surface area contributed by atoms with Gasteiger partial charge >= 0.3 is 5.97 Å². The Labute approximate surface area is 208 Å². The molecule has 7 nitrogen and oxygen atoms in total. The largest absolute Gasteiger partial charge is 0.482 e. The van der Waals surface area contributed by atoms with E-state index in [-0.39, 0.29) is 23.2 Å². The normalized spacial score (nSPS) is 11.0. The molecule has 0 aliphatic heterocycles. The van der Waals surface area contributed by atoms with Crippen molar-refractivity contribution < 1.29 is 31.1 Å². The zero-order chi connectivity index (χ0) is 26.5. The maximum absolute atomic E-state index is 11.8. The third kappa shape index (κ3) is 13.0. The lowest BCUT2D eigenvalue weighted by Crippen LogP contribution is -2.19. The summed E-state index contributed by atoms with van der Waals surface area (Å²) < 4.78 is 55.5. The summed E-state index contributed by atoms with van der Waals surface area (Å²) in [6.45, 7) is 10.6. The van der Waals surface area contributed by atoms with E-state index in [1.807, 2.05) is 45.9 Å². The van der Waals surface area contributed by atoms with Gasteiger partial charge in [0.25, 0.3) is 9.05 Å². The van der Waals surface area contributed by atoms with Crippen LogP contribution in [-0.2, 0) is 28.4 Å². The quantitative estimate of drug-likeness (QED) is 0.345. The fourth-order valence-corrected chi connectivity index (χ4v) is 4.68. The average Bonchev–Trinajstić information content (AvgIpc) is 2.72. The standard InChI is InChI=1S/C15H21ClO7S2.C7H8.C2H6/c1-10(2)13-8-12(7-11(3)15(13)25(16,20)21)23-9-14(17)22-5-6-24(4,18)19;1-7-5-3-2-4-6-7;1-2/h7-8,10H,5-6,9H2,1-4H3;2-6H,1H3;1-2H3. The van der Waals surface area contributed by atoms with Gasteiger partial charge in [-0.05, 0) is 43.0 Å². The van der Waals surface area contributed by atoms with E-state index in [1.54, 1.807) is 6.92 Å². The third-order valence-corrected chi connectivity index (χ3v) is 6.57. The Hall–Kier alpha value is -2.10. The number of benzene rings is 2. The molecule has 0 N–H and O–H groups in total. The molecule has 34 heavy (non-hydrogen) atoms. The van der Waals surface area contributed by atoms with Crippen molar-refractivity contribution in [2.75, 3.05) is 25.2 Å². The maximum Gasteiger partial charge on any atom is 0.344 e. The highest BCUT2D eigenvalue weighted by Gasteiger charge is 2.22. The molecule has 0 saturated heterocycles. The maximum atomic E-state index is 11.8. The summed E-state index contributed by atoms with van der Waals surface area (Å²) in [5.74, 6) is -0.822. The van der Waals surface area contributed by atoms with Crippen LogP contribution in [0.5, 0.6) is 5.75 Å². The molecule has 0 amide bonds. The average molecular weight is 535 g/mol. The summed E-state index contributed by atoms with van der Waals surface area (Å²) in [7, 11) is -1.63. The fraction of sp³-hybridized carbons (Fsp3) is 0.458. The molecule has 2 aromatic carbocycles. The van der Waals surface area contributed by atoms with Gasteiger partial charge in [-0.15, -0.1) is 0 Å². The number of rotatable bonds is 8. The number of carbonyl (C=O) groups is 1. The van der Waals surface area contributed by atoms with E-state index in [4.69, 9.17) is 20.2 Å². The summed E-state index contributed by atoms with van der Waals surface area (Å²) in [6, 6.07) is 13.2. The van der Waals surface area contributed by atoms with Crippen molar-refractivity contribution >= 4 is 35.5 Å². The Balaban J connectivity index is 0.00000101. The molecule has 0 aromatic heterocycles. The zero-order valence-corrected chi connectivity index (χ0v) is 23.2. The molecule has 0 unspecified atom stereocenters. The van der Waals surface area contributed by atoms with Gasteiger partial charge in [0.05, 0.1) is 10.6 Å². The van der Waals surface area contributed by atoms with Gasteiger partial charge in [-0.25, -0.2) is 21.6 Å². The van der Waals surface area contributed by atoms with Crippen LogP contribution in [0.15, 0.2) is 47.4 Å². The van der Waals surface area contributed by atoms with Crippen LogP contribution in [0.1, 0.15) is 50.3 Å². The molecule has 0 spiro atoms. The second-order valence-electron chi connectivity index (χ2n) is 7.54. The van der Waals surface area contributed by atoms with Crippen molar-refractivity contribution in [1.29, 1.82) is 0 Å². The van der Waals surface area contributed by atoms with Crippen molar-refractivity contribution in [3.05, 3.63) is 59.2 Å². The van der Waals surface area contributed by atoms with E-state index in [0.29, 0.717) is 16.9 Å². The SMILES string of the molecule is CC.Cc1cc(OCC(=O)OCCS(C)(=O)=O)cc(C(C)C)c1S(=O)(=O)Cl.Cc1ccccc1. The Morgan fingerprint density at radius 3 is 1.97 bits per heavy atom. The number of esters is 1. The molecule has 0 fully saturated rings. The minimum absolute atomic E-state index is 0.0345. The van der Waals surface area contributed by atoms with E-state index in [2.05, 4.69) is 19.1 Å². The molecule has 0 radical (unpaired) electrons. The summed E-state index contributed by atoms with van der Waals surface area (Å²) in [6.07, 6.45) is 1.04. The Morgan fingerprint density at radius 1 is 1.00 bits per heavy atom. The van der Waals surface area contributed by atoms with Crippen molar-refractivity contribution in [3.8, 4) is 5.75 Å². The van der Waals surface area contributed by atoms with E-state index in [0.717, 1.165) is 6.26 Å². The van der Waals surface area contributed by atoms with E-state index in [1.165, 1.54) is 17.7 Å². The number of ether oxygens (including phenoxy) is 2. The van der Waals surface area contributed by atoms with Crippen LogP contribution < -0.4 is 4.74 Å². The van der Waals surface area contributed by atoms with Gasteiger partial charge in [0, 0.05) is 16.9 Å². The molecular formula is C24H35ClO7S2. The van der Waals surface area contributed by atoms with Crippen molar-refractivity contribution in [2.45, 2.75) is 52.4 Å². The molecule has 0 aliphatic rings. The minimum Gasteiger partial charge on any atom is -0.482 e. The topological polar surface area (TPSA) is 104 Å². The van der Waals surface area contributed by atoms with Gasteiger partial charge in [-0.1, -0.05) is 63.6 Å². The van der Waals surface area contributed by atoms with E-state index >= 15 is 0 Å². The molecule has 2 rings (SSSR count). The highest BCUT2D eigenvalue weighted by molar-refractivity contribution is 8.13. The predicted octanol–water partition coefficient (Wildman–Crippen LogP) is 5.03. The van der Waals surface area contributed by atoms with Gasteiger partial charge in [0.2, 0.25) is 0 Å².